The number of methoxy groups -OCH3 is 1. The van der Waals surface area contributed by atoms with Crippen LogP contribution in [0, 0.1) is 5.82 Å². The minimum absolute atomic E-state index is 0.0234. The monoisotopic (exact) mass is 387 g/mol. The highest BCUT2D eigenvalue weighted by Gasteiger charge is 2.41. The minimum Gasteiger partial charge on any atom is -0.495 e. The fraction of sp³-hybridized carbons (Fsp3) is 0.211. The van der Waals surface area contributed by atoms with Gasteiger partial charge >= 0.3 is 0 Å². The summed E-state index contributed by atoms with van der Waals surface area (Å²) in [6.07, 6.45) is -0.0234. The number of ether oxygens (including phenoxy) is 1. The van der Waals surface area contributed by atoms with Gasteiger partial charge in [-0.1, -0.05) is 36.0 Å². The minimum atomic E-state index is -0.682. The van der Waals surface area contributed by atoms with Crippen LogP contribution in [-0.2, 0) is 9.59 Å². The zero-order chi connectivity index (χ0) is 19.4. The molecule has 1 aliphatic rings. The number of rotatable bonds is 4. The van der Waals surface area contributed by atoms with Gasteiger partial charge in [0.2, 0.25) is 11.8 Å². The molecule has 1 fully saturated rings. The average molecular weight is 387 g/mol. The largest absolute Gasteiger partial charge is 0.495 e. The van der Waals surface area contributed by atoms with E-state index in [0.29, 0.717) is 16.6 Å². The summed E-state index contributed by atoms with van der Waals surface area (Å²) in [5, 5.41) is 2.89. The molecule has 3 rings (SSSR count). The molecule has 0 saturated carbocycles. The lowest BCUT2D eigenvalue weighted by Gasteiger charge is -2.16. The number of benzene rings is 2. The Labute approximate surface area is 160 Å². The molecule has 2 amide bonds. The fourth-order valence-corrected chi connectivity index (χ4v) is 3.69. The first-order valence-corrected chi connectivity index (χ1v) is 9.08. The van der Waals surface area contributed by atoms with E-state index in [1.807, 2.05) is 18.2 Å². The highest BCUT2D eigenvalue weighted by Crippen LogP contribution is 2.33. The SMILES string of the molecule is CN=C(Nc1ccccc1OC)S[C@H]1CC(=O)N(c2ccccc2F)C1=O. The second kappa shape index (κ2) is 8.22. The summed E-state index contributed by atoms with van der Waals surface area (Å²) in [6.45, 7) is 0. The predicted octanol–water partition coefficient (Wildman–Crippen LogP) is 3.30. The van der Waals surface area contributed by atoms with Gasteiger partial charge in [0.25, 0.3) is 0 Å². The Hall–Kier alpha value is -2.87. The van der Waals surface area contributed by atoms with Crippen LogP contribution >= 0.6 is 11.8 Å². The number of imide groups is 1. The molecule has 1 aliphatic heterocycles. The summed E-state index contributed by atoms with van der Waals surface area (Å²) >= 11 is 1.13. The van der Waals surface area contributed by atoms with E-state index in [0.717, 1.165) is 16.7 Å². The molecule has 6 nitrogen and oxygen atoms in total. The lowest BCUT2D eigenvalue weighted by molar-refractivity contribution is -0.121. The molecule has 1 saturated heterocycles. The number of amides is 2. The van der Waals surface area contributed by atoms with Crippen LogP contribution in [0.25, 0.3) is 0 Å². The van der Waals surface area contributed by atoms with Gasteiger partial charge in [0, 0.05) is 13.5 Å². The second-order valence-electron chi connectivity index (χ2n) is 5.68. The van der Waals surface area contributed by atoms with Crippen molar-refractivity contribution < 1.29 is 18.7 Å². The van der Waals surface area contributed by atoms with Crippen molar-refractivity contribution in [3.8, 4) is 5.75 Å². The van der Waals surface area contributed by atoms with Gasteiger partial charge in [-0.3, -0.25) is 14.6 Å². The van der Waals surface area contributed by atoms with E-state index in [9.17, 15) is 14.0 Å². The zero-order valence-corrected chi connectivity index (χ0v) is 15.6. The summed E-state index contributed by atoms with van der Waals surface area (Å²) in [5.74, 6) is -0.879. The Morgan fingerprint density at radius 3 is 2.63 bits per heavy atom. The molecule has 1 atom stereocenters. The molecular formula is C19H18FN3O3S. The predicted molar refractivity (Wildman–Crippen MR) is 105 cm³/mol. The van der Waals surface area contributed by atoms with Crippen molar-refractivity contribution in [1.29, 1.82) is 0 Å². The maximum atomic E-state index is 14.0. The number of para-hydroxylation sites is 3. The van der Waals surface area contributed by atoms with Crippen molar-refractivity contribution >= 4 is 40.1 Å². The Morgan fingerprint density at radius 1 is 1.22 bits per heavy atom. The molecular weight excluding hydrogens is 369 g/mol. The first kappa shape index (κ1) is 18.9. The van der Waals surface area contributed by atoms with Gasteiger partial charge in [-0.25, -0.2) is 9.29 Å². The standard InChI is InChI=1S/C19H18FN3O3S/c1-21-19(22-13-8-4-6-10-15(13)26-2)27-16-11-17(24)23(18(16)25)14-9-5-3-7-12(14)20/h3-10,16H,11H2,1-2H3,(H,21,22)/t16-/m0/s1. The summed E-state index contributed by atoms with van der Waals surface area (Å²) < 4.78 is 19.3. The van der Waals surface area contributed by atoms with Gasteiger partial charge in [-0.15, -0.1) is 0 Å². The van der Waals surface area contributed by atoms with Crippen LogP contribution in [0.1, 0.15) is 6.42 Å². The number of halogens is 1. The molecule has 1 heterocycles. The van der Waals surface area contributed by atoms with Crippen LogP contribution in [0.2, 0.25) is 0 Å². The van der Waals surface area contributed by atoms with Gasteiger partial charge in [0.1, 0.15) is 16.8 Å². The lowest BCUT2D eigenvalue weighted by atomic mass is 10.3. The highest BCUT2D eigenvalue weighted by molar-refractivity contribution is 8.15. The summed E-state index contributed by atoms with van der Waals surface area (Å²) in [6, 6.07) is 13.0. The molecule has 140 valence electrons. The molecule has 8 heteroatoms. The molecule has 2 aromatic carbocycles. The first-order valence-electron chi connectivity index (χ1n) is 8.20. The topological polar surface area (TPSA) is 71.0 Å². The quantitative estimate of drug-likeness (QED) is 0.495. The molecule has 0 aliphatic carbocycles. The highest BCUT2D eigenvalue weighted by atomic mass is 32.2. The lowest BCUT2D eigenvalue weighted by Crippen LogP contribution is -2.32. The number of hydrogen-bond donors (Lipinski definition) is 1. The summed E-state index contributed by atoms with van der Waals surface area (Å²) in [4.78, 5) is 30.1. The van der Waals surface area contributed by atoms with E-state index in [4.69, 9.17) is 4.74 Å². The number of thioether (sulfide) groups is 1. The van der Waals surface area contributed by atoms with Crippen molar-refractivity contribution in [2.45, 2.75) is 11.7 Å². The van der Waals surface area contributed by atoms with Crippen LogP contribution < -0.4 is 15.0 Å². The second-order valence-corrected chi connectivity index (χ2v) is 6.87. The van der Waals surface area contributed by atoms with E-state index in [-0.39, 0.29) is 12.1 Å². The smallest absolute Gasteiger partial charge is 0.247 e. The molecule has 2 aromatic rings. The summed E-state index contributed by atoms with van der Waals surface area (Å²) in [5.41, 5.74) is 0.666. The van der Waals surface area contributed by atoms with E-state index in [2.05, 4.69) is 10.3 Å². The third-order valence-electron chi connectivity index (χ3n) is 4.00. The third-order valence-corrected chi connectivity index (χ3v) is 5.16. The maximum Gasteiger partial charge on any atom is 0.247 e. The normalized spacial score (nSPS) is 17.4. The molecule has 0 bridgehead atoms. The van der Waals surface area contributed by atoms with Crippen molar-refractivity contribution in [2.75, 3.05) is 24.4 Å². The summed E-state index contributed by atoms with van der Waals surface area (Å²) in [7, 11) is 3.14. The first-order chi connectivity index (χ1) is 13.0. The van der Waals surface area contributed by atoms with Crippen LogP contribution in [0.3, 0.4) is 0 Å². The Balaban J connectivity index is 1.76. The molecule has 0 unspecified atom stereocenters. The third kappa shape index (κ3) is 3.95. The van der Waals surface area contributed by atoms with Gasteiger partial charge in [0.05, 0.1) is 18.5 Å². The van der Waals surface area contributed by atoms with Crippen molar-refractivity contribution in [1.82, 2.24) is 0 Å². The zero-order valence-electron chi connectivity index (χ0n) is 14.8. The van der Waals surface area contributed by atoms with Crippen LogP contribution in [0.5, 0.6) is 5.75 Å². The molecule has 27 heavy (non-hydrogen) atoms. The van der Waals surface area contributed by atoms with Crippen molar-refractivity contribution in [3.63, 3.8) is 0 Å². The van der Waals surface area contributed by atoms with E-state index < -0.39 is 22.9 Å². The number of carbonyl (C=O) groups excluding carboxylic acids is 2. The van der Waals surface area contributed by atoms with Gasteiger partial charge in [-0.2, -0.15) is 0 Å². The molecule has 0 aromatic heterocycles. The number of carbonyl (C=O) groups is 2. The van der Waals surface area contributed by atoms with Gasteiger partial charge < -0.3 is 10.1 Å². The average Bonchev–Trinajstić information content (AvgIpc) is 2.95. The fourth-order valence-electron chi connectivity index (χ4n) is 2.72. The van der Waals surface area contributed by atoms with Gasteiger partial charge in [-0.05, 0) is 24.3 Å². The van der Waals surface area contributed by atoms with Crippen LogP contribution in [-0.4, -0.2) is 36.4 Å². The molecule has 1 N–H and O–H groups in total. The maximum absolute atomic E-state index is 14.0. The van der Waals surface area contributed by atoms with E-state index in [1.54, 1.807) is 26.3 Å². The Morgan fingerprint density at radius 2 is 1.93 bits per heavy atom. The molecule has 0 spiro atoms. The number of amidine groups is 1. The Kier molecular flexibility index (Phi) is 5.75. The number of hydrogen-bond acceptors (Lipinski definition) is 5. The molecule has 0 radical (unpaired) electrons. The van der Waals surface area contributed by atoms with Crippen molar-refractivity contribution in [3.05, 3.63) is 54.3 Å². The van der Waals surface area contributed by atoms with E-state index in [1.165, 1.54) is 18.2 Å². The van der Waals surface area contributed by atoms with Gasteiger partial charge in [0.15, 0.2) is 5.17 Å². The Bertz CT molecular complexity index is 903. The van der Waals surface area contributed by atoms with Crippen LogP contribution in [0.15, 0.2) is 53.5 Å². The van der Waals surface area contributed by atoms with Crippen LogP contribution in [0.4, 0.5) is 15.8 Å². The number of nitrogens with zero attached hydrogens (tertiary/aromatic N) is 2. The number of anilines is 2. The number of aliphatic imine (C=N–C) groups is 1. The van der Waals surface area contributed by atoms with E-state index >= 15 is 0 Å². The van der Waals surface area contributed by atoms with Crippen molar-refractivity contribution in [2.24, 2.45) is 4.99 Å². The number of nitrogens with one attached hydrogen (secondary N) is 1.